The largest absolute Gasteiger partial charge is 0.339 e. The highest BCUT2D eigenvalue weighted by molar-refractivity contribution is 4.99. The van der Waals surface area contributed by atoms with Crippen molar-refractivity contribution in [1.29, 1.82) is 0 Å². The Bertz CT molecular complexity index is 378. The van der Waals surface area contributed by atoms with Gasteiger partial charge in [0.2, 0.25) is 5.89 Å². The van der Waals surface area contributed by atoms with Crippen LogP contribution in [0.25, 0.3) is 0 Å². The Balaban J connectivity index is 1.56. The third-order valence-electron chi connectivity index (χ3n) is 4.60. The van der Waals surface area contributed by atoms with Crippen molar-refractivity contribution in [1.82, 2.24) is 15.5 Å². The highest BCUT2D eigenvalue weighted by Crippen LogP contribution is 2.35. The molecule has 1 saturated carbocycles. The summed E-state index contributed by atoms with van der Waals surface area (Å²) in [5, 5.41) is 7.47. The van der Waals surface area contributed by atoms with Gasteiger partial charge in [-0.1, -0.05) is 18.5 Å². The van der Waals surface area contributed by atoms with Crippen LogP contribution >= 0.6 is 0 Å². The Labute approximate surface area is 109 Å². The molecule has 4 heteroatoms. The van der Waals surface area contributed by atoms with Crippen molar-refractivity contribution in [3.05, 3.63) is 11.7 Å². The topological polar surface area (TPSA) is 51.0 Å². The zero-order valence-electron chi connectivity index (χ0n) is 11.2. The molecule has 0 bridgehead atoms. The average Bonchev–Trinajstić information content (AvgIpc) is 2.83. The van der Waals surface area contributed by atoms with Gasteiger partial charge in [-0.3, -0.25) is 0 Å². The van der Waals surface area contributed by atoms with Gasteiger partial charge in [-0.25, -0.2) is 0 Å². The summed E-state index contributed by atoms with van der Waals surface area (Å²) in [6.45, 7) is 4.49. The molecule has 0 amide bonds. The van der Waals surface area contributed by atoms with Crippen LogP contribution in [0, 0.1) is 11.8 Å². The fraction of sp³-hybridized carbons (Fsp3) is 0.857. The van der Waals surface area contributed by atoms with Crippen LogP contribution < -0.4 is 5.32 Å². The van der Waals surface area contributed by atoms with Crippen molar-refractivity contribution in [3.8, 4) is 0 Å². The van der Waals surface area contributed by atoms with Gasteiger partial charge in [0.25, 0.3) is 0 Å². The van der Waals surface area contributed by atoms with Crippen LogP contribution in [0.5, 0.6) is 0 Å². The molecule has 1 saturated heterocycles. The van der Waals surface area contributed by atoms with Crippen LogP contribution in [0.15, 0.2) is 4.52 Å². The van der Waals surface area contributed by atoms with Gasteiger partial charge in [0.1, 0.15) is 0 Å². The lowest BCUT2D eigenvalue weighted by Gasteiger charge is -2.25. The van der Waals surface area contributed by atoms with Crippen molar-refractivity contribution >= 4 is 0 Å². The van der Waals surface area contributed by atoms with Crippen molar-refractivity contribution in [2.45, 2.75) is 51.4 Å². The summed E-state index contributed by atoms with van der Waals surface area (Å²) in [5.41, 5.74) is 0. The Hall–Kier alpha value is -0.900. The molecule has 0 atom stereocenters. The van der Waals surface area contributed by atoms with Crippen molar-refractivity contribution in [2.24, 2.45) is 11.8 Å². The Morgan fingerprint density at radius 3 is 2.56 bits per heavy atom. The zero-order chi connectivity index (χ0) is 12.4. The zero-order valence-corrected chi connectivity index (χ0v) is 11.2. The van der Waals surface area contributed by atoms with Gasteiger partial charge >= 0.3 is 0 Å². The van der Waals surface area contributed by atoms with E-state index in [4.69, 9.17) is 4.52 Å². The summed E-state index contributed by atoms with van der Waals surface area (Å²) in [6.07, 6.45) is 7.41. The molecule has 1 aromatic heterocycles. The molecule has 0 radical (unpaired) electrons. The van der Waals surface area contributed by atoms with Gasteiger partial charge in [-0.15, -0.1) is 0 Å². The maximum atomic E-state index is 5.39. The number of hydrogen-bond acceptors (Lipinski definition) is 4. The molecular weight excluding hydrogens is 226 g/mol. The van der Waals surface area contributed by atoms with E-state index in [1.165, 1.54) is 32.1 Å². The fourth-order valence-corrected chi connectivity index (χ4v) is 3.09. The molecule has 0 aromatic carbocycles. The van der Waals surface area contributed by atoms with Gasteiger partial charge in [0, 0.05) is 12.3 Å². The number of nitrogens with zero attached hydrogens (tertiary/aromatic N) is 2. The van der Waals surface area contributed by atoms with E-state index < -0.39 is 0 Å². The summed E-state index contributed by atoms with van der Waals surface area (Å²) >= 11 is 0. The van der Waals surface area contributed by atoms with Crippen LogP contribution in [0.2, 0.25) is 0 Å². The smallest absolute Gasteiger partial charge is 0.227 e. The number of nitrogens with one attached hydrogen (secondary N) is 1. The fourth-order valence-electron chi connectivity index (χ4n) is 3.09. The predicted octanol–water partition coefficient (Wildman–Crippen LogP) is 2.52. The normalized spacial score (nSPS) is 29.2. The second kappa shape index (κ2) is 5.39. The molecule has 1 aromatic rings. The molecule has 1 aliphatic heterocycles. The molecule has 0 unspecified atom stereocenters. The lowest BCUT2D eigenvalue weighted by Crippen LogP contribution is -2.43. The van der Waals surface area contributed by atoms with E-state index in [9.17, 15) is 0 Å². The van der Waals surface area contributed by atoms with E-state index in [0.29, 0.717) is 11.8 Å². The van der Waals surface area contributed by atoms with Crippen LogP contribution in [-0.2, 0) is 6.42 Å². The summed E-state index contributed by atoms with van der Waals surface area (Å²) in [4.78, 5) is 4.60. The van der Waals surface area contributed by atoms with Crippen molar-refractivity contribution < 1.29 is 4.52 Å². The third-order valence-corrected chi connectivity index (χ3v) is 4.60. The molecule has 2 fully saturated rings. The second-order valence-corrected chi connectivity index (χ2v) is 5.90. The van der Waals surface area contributed by atoms with E-state index in [2.05, 4.69) is 22.4 Å². The number of aromatic nitrogens is 2. The third kappa shape index (κ3) is 2.58. The van der Waals surface area contributed by atoms with Crippen LogP contribution in [-0.4, -0.2) is 23.2 Å². The van der Waals surface area contributed by atoms with E-state index in [-0.39, 0.29) is 0 Å². The van der Waals surface area contributed by atoms with Crippen LogP contribution in [0.4, 0.5) is 0 Å². The van der Waals surface area contributed by atoms with Gasteiger partial charge in [-0.05, 0) is 50.6 Å². The first-order valence-electron chi connectivity index (χ1n) is 7.38. The molecule has 0 spiro atoms. The Morgan fingerprint density at radius 1 is 1.17 bits per heavy atom. The lowest BCUT2D eigenvalue weighted by molar-refractivity contribution is 0.288. The average molecular weight is 249 g/mol. The van der Waals surface area contributed by atoms with E-state index in [1.807, 2.05) is 0 Å². The highest BCUT2D eigenvalue weighted by Gasteiger charge is 2.26. The monoisotopic (exact) mass is 249 g/mol. The number of hydrogen-bond donors (Lipinski definition) is 1. The first-order chi connectivity index (χ1) is 8.85. The quantitative estimate of drug-likeness (QED) is 0.891. The summed E-state index contributed by atoms with van der Waals surface area (Å²) in [5.74, 6) is 3.98. The van der Waals surface area contributed by atoms with E-state index >= 15 is 0 Å². The highest BCUT2D eigenvalue weighted by atomic mass is 16.5. The Kier molecular flexibility index (Phi) is 3.64. The van der Waals surface area contributed by atoms with Gasteiger partial charge in [-0.2, -0.15) is 4.98 Å². The summed E-state index contributed by atoms with van der Waals surface area (Å²) in [6, 6.07) is 0. The summed E-state index contributed by atoms with van der Waals surface area (Å²) < 4.78 is 5.39. The Morgan fingerprint density at radius 2 is 1.94 bits per heavy atom. The van der Waals surface area contributed by atoms with Gasteiger partial charge in [0.15, 0.2) is 5.82 Å². The first kappa shape index (κ1) is 12.2. The van der Waals surface area contributed by atoms with Crippen LogP contribution in [0.3, 0.4) is 0 Å². The molecule has 2 aliphatic rings. The molecule has 18 heavy (non-hydrogen) atoms. The van der Waals surface area contributed by atoms with Crippen molar-refractivity contribution in [2.75, 3.05) is 13.1 Å². The SMILES string of the molecule is CCC1CCC(c2noc(CC3CNC3)n2)CC1. The minimum Gasteiger partial charge on any atom is -0.339 e. The summed E-state index contributed by atoms with van der Waals surface area (Å²) in [7, 11) is 0. The maximum absolute atomic E-state index is 5.39. The standard InChI is InChI=1S/C14H23N3O/c1-2-10-3-5-12(6-4-10)14-16-13(18-17-14)7-11-8-15-9-11/h10-12,15H,2-9H2,1H3. The predicted molar refractivity (Wildman–Crippen MR) is 69.4 cm³/mol. The lowest BCUT2D eigenvalue weighted by atomic mass is 9.80. The first-order valence-corrected chi connectivity index (χ1v) is 7.38. The molecule has 1 N–H and O–H groups in total. The van der Waals surface area contributed by atoms with Gasteiger partial charge in [0.05, 0.1) is 0 Å². The maximum Gasteiger partial charge on any atom is 0.227 e. The molecular formula is C14H23N3O. The molecule has 3 rings (SSSR count). The minimum atomic E-state index is 0.546. The second-order valence-electron chi connectivity index (χ2n) is 5.90. The van der Waals surface area contributed by atoms with E-state index in [1.54, 1.807) is 0 Å². The minimum absolute atomic E-state index is 0.546. The molecule has 4 nitrogen and oxygen atoms in total. The van der Waals surface area contributed by atoms with Crippen LogP contribution in [0.1, 0.15) is 56.7 Å². The molecule has 100 valence electrons. The number of rotatable bonds is 4. The van der Waals surface area contributed by atoms with Crippen molar-refractivity contribution in [3.63, 3.8) is 0 Å². The van der Waals surface area contributed by atoms with Gasteiger partial charge < -0.3 is 9.84 Å². The van der Waals surface area contributed by atoms with E-state index in [0.717, 1.165) is 37.1 Å². The molecule has 1 aliphatic carbocycles. The molecule has 2 heterocycles.